The van der Waals surface area contributed by atoms with Gasteiger partial charge in [0.2, 0.25) is 0 Å². The van der Waals surface area contributed by atoms with Crippen molar-refractivity contribution in [3.05, 3.63) is 0 Å². The molecule has 0 aromatic rings. The molecule has 0 saturated heterocycles. The van der Waals surface area contributed by atoms with Crippen molar-refractivity contribution >= 4 is 0 Å². The summed E-state index contributed by atoms with van der Waals surface area (Å²) < 4.78 is 0. The van der Waals surface area contributed by atoms with Gasteiger partial charge in [0.15, 0.2) is 0 Å². The Morgan fingerprint density at radius 2 is 0.720 bits per heavy atom. The van der Waals surface area contributed by atoms with E-state index in [9.17, 15) is 0 Å². The molecule has 5 N–H and O–H groups in total. The highest BCUT2D eigenvalue weighted by Gasteiger charge is 2.12. The molecule has 0 bridgehead atoms. The number of nitrogens with one attached hydrogen (secondary N) is 5. The van der Waals surface area contributed by atoms with Gasteiger partial charge in [0.1, 0.15) is 0 Å². The van der Waals surface area contributed by atoms with Crippen LogP contribution in [0.25, 0.3) is 0 Å². The van der Waals surface area contributed by atoms with E-state index in [-0.39, 0.29) is 0 Å². The molecule has 0 aliphatic heterocycles. The molecule has 2 aliphatic rings. The second-order valence-electron chi connectivity index (χ2n) is 7.83. The molecule has 0 radical (unpaired) electrons. The molecule has 0 spiro atoms. The lowest BCUT2D eigenvalue weighted by Gasteiger charge is -2.23. The van der Waals surface area contributed by atoms with E-state index < -0.39 is 0 Å². The second kappa shape index (κ2) is 14.9. The lowest BCUT2D eigenvalue weighted by molar-refractivity contribution is 0.372. The summed E-state index contributed by atoms with van der Waals surface area (Å²) in [6, 6.07) is 1.57. The standard InChI is InChI=1S/C20H43N5/c1-3-7-19(8-4-1)24-17-15-22-13-11-21-12-14-23-16-18-25-20-9-5-2-6-10-20/h19-25H,1-18H2. The zero-order chi connectivity index (χ0) is 17.4. The molecule has 25 heavy (non-hydrogen) atoms. The largest absolute Gasteiger partial charge is 0.314 e. The molecule has 2 aliphatic carbocycles. The minimum Gasteiger partial charge on any atom is -0.314 e. The van der Waals surface area contributed by atoms with Crippen molar-refractivity contribution in [3.8, 4) is 0 Å². The molecule has 2 saturated carbocycles. The van der Waals surface area contributed by atoms with Crippen molar-refractivity contribution in [3.63, 3.8) is 0 Å². The van der Waals surface area contributed by atoms with Crippen molar-refractivity contribution in [2.24, 2.45) is 0 Å². The Hall–Kier alpha value is -0.200. The SMILES string of the molecule is C1CCC(NCCNCCNCCNCCNC2CCCCC2)CC1. The van der Waals surface area contributed by atoms with E-state index >= 15 is 0 Å². The van der Waals surface area contributed by atoms with Gasteiger partial charge in [0, 0.05) is 64.4 Å². The molecule has 2 fully saturated rings. The van der Waals surface area contributed by atoms with Crippen LogP contribution in [-0.4, -0.2) is 64.4 Å². The van der Waals surface area contributed by atoms with Crippen LogP contribution in [0.5, 0.6) is 0 Å². The van der Waals surface area contributed by atoms with Gasteiger partial charge in [-0.05, 0) is 25.7 Å². The van der Waals surface area contributed by atoms with Gasteiger partial charge >= 0.3 is 0 Å². The fourth-order valence-electron chi connectivity index (χ4n) is 4.07. The highest BCUT2D eigenvalue weighted by Crippen LogP contribution is 2.17. The lowest BCUT2D eigenvalue weighted by atomic mass is 9.95. The second-order valence-corrected chi connectivity index (χ2v) is 7.83. The van der Waals surface area contributed by atoms with Gasteiger partial charge in [-0.3, -0.25) is 0 Å². The molecule has 0 aromatic carbocycles. The molecule has 148 valence electrons. The first kappa shape index (κ1) is 21.1. The van der Waals surface area contributed by atoms with Gasteiger partial charge in [0.05, 0.1) is 0 Å². The van der Waals surface area contributed by atoms with Crippen LogP contribution in [0.3, 0.4) is 0 Å². The molecule has 5 nitrogen and oxygen atoms in total. The van der Waals surface area contributed by atoms with Gasteiger partial charge in [-0.25, -0.2) is 0 Å². The van der Waals surface area contributed by atoms with Crippen molar-refractivity contribution in [1.29, 1.82) is 0 Å². The predicted octanol–water partition coefficient (Wildman–Crippen LogP) is 1.60. The topological polar surface area (TPSA) is 60.1 Å². The van der Waals surface area contributed by atoms with Crippen LogP contribution in [0.2, 0.25) is 0 Å². The van der Waals surface area contributed by atoms with Crippen molar-refractivity contribution in [2.75, 3.05) is 52.4 Å². The Morgan fingerprint density at radius 3 is 1.08 bits per heavy atom. The average Bonchev–Trinajstić information content (AvgIpc) is 2.67. The Labute approximate surface area is 155 Å². The quantitative estimate of drug-likeness (QED) is 0.307. The minimum absolute atomic E-state index is 0.785. The van der Waals surface area contributed by atoms with E-state index in [1.165, 1.54) is 64.2 Å². The summed E-state index contributed by atoms with van der Waals surface area (Å²) in [4.78, 5) is 0. The first-order chi connectivity index (χ1) is 12.4. The van der Waals surface area contributed by atoms with E-state index in [0.717, 1.165) is 64.4 Å². The maximum absolute atomic E-state index is 3.68. The fourth-order valence-corrected chi connectivity index (χ4v) is 4.07. The van der Waals surface area contributed by atoms with E-state index in [1.807, 2.05) is 0 Å². The number of hydrogen-bond donors (Lipinski definition) is 5. The zero-order valence-corrected chi connectivity index (χ0v) is 16.4. The third kappa shape index (κ3) is 11.2. The molecular formula is C20H43N5. The van der Waals surface area contributed by atoms with Crippen LogP contribution < -0.4 is 26.6 Å². The fraction of sp³-hybridized carbons (Fsp3) is 1.00. The molecule has 0 aromatic heterocycles. The number of rotatable bonds is 14. The zero-order valence-electron chi connectivity index (χ0n) is 16.4. The summed E-state index contributed by atoms with van der Waals surface area (Å²) in [5.41, 5.74) is 0. The van der Waals surface area contributed by atoms with Gasteiger partial charge in [-0.15, -0.1) is 0 Å². The van der Waals surface area contributed by atoms with Crippen LogP contribution in [0.4, 0.5) is 0 Å². The maximum Gasteiger partial charge on any atom is 0.00793 e. The summed E-state index contributed by atoms with van der Waals surface area (Å²) in [6.07, 6.45) is 14.1. The maximum atomic E-state index is 3.68. The van der Waals surface area contributed by atoms with Crippen molar-refractivity contribution in [1.82, 2.24) is 26.6 Å². The molecule has 0 amide bonds. The minimum atomic E-state index is 0.785. The van der Waals surface area contributed by atoms with E-state index in [4.69, 9.17) is 0 Å². The summed E-state index contributed by atoms with van der Waals surface area (Å²) in [7, 11) is 0. The first-order valence-corrected chi connectivity index (χ1v) is 11.0. The smallest absolute Gasteiger partial charge is 0.00793 e. The molecular weight excluding hydrogens is 310 g/mol. The monoisotopic (exact) mass is 353 g/mol. The summed E-state index contributed by atoms with van der Waals surface area (Å²) in [6.45, 7) is 8.65. The van der Waals surface area contributed by atoms with E-state index in [2.05, 4.69) is 26.6 Å². The van der Waals surface area contributed by atoms with Gasteiger partial charge < -0.3 is 26.6 Å². The molecule has 5 heteroatoms. The Morgan fingerprint density at radius 1 is 0.400 bits per heavy atom. The van der Waals surface area contributed by atoms with Crippen LogP contribution in [0.15, 0.2) is 0 Å². The molecule has 0 heterocycles. The van der Waals surface area contributed by atoms with Crippen molar-refractivity contribution in [2.45, 2.75) is 76.3 Å². The third-order valence-corrected chi connectivity index (χ3v) is 5.64. The Kier molecular flexibility index (Phi) is 12.6. The van der Waals surface area contributed by atoms with E-state index in [0.29, 0.717) is 0 Å². The van der Waals surface area contributed by atoms with E-state index in [1.54, 1.807) is 0 Å². The normalized spacial score (nSPS) is 20.2. The molecule has 2 rings (SSSR count). The highest BCUT2D eigenvalue weighted by atomic mass is 15.0. The van der Waals surface area contributed by atoms with Crippen LogP contribution in [-0.2, 0) is 0 Å². The molecule has 0 unspecified atom stereocenters. The summed E-state index contributed by atoms with van der Waals surface area (Å²) >= 11 is 0. The van der Waals surface area contributed by atoms with Gasteiger partial charge in [0.25, 0.3) is 0 Å². The third-order valence-electron chi connectivity index (χ3n) is 5.64. The lowest BCUT2D eigenvalue weighted by Crippen LogP contribution is -2.39. The Balaban J connectivity index is 1.23. The Bertz CT molecular complexity index is 260. The van der Waals surface area contributed by atoms with Crippen LogP contribution >= 0.6 is 0 Å². The number of hydrogen-bond acceptors (Lipinski definition) is 5. The van der Waals surface area contributed by atoms with Gasteiger partial charge in [-0.1, -0.05) is 38.5 Å². The average molecular weight is 354 g/mol. The summed E-state index contributed by atoms with van der Waals surface area (Å²) in [5.74, 6) is 0. The first-order valence-electron chi connectivity index (χ1n) is 11.0. The highest BCUT2D eigenvalue weighted by molar-refractivity contribution is 4.73. The summed E-state index contributed by atoms with van der Waals surface area (Å²) in [5, 5.41) is 17.9. The van der Waals surface area contributed by atoms with Crippen LogP contribution in [0.1, 0.15) is 64.2 Å². The predicted molar refractivity (Wildman–Crippen MR) is 108 cm³/mol. The molecule has 0 atom stereocenters. The van der Waals surface area contributed by atoms with Crippen molar-refractivity contribution < 1.29 is 0 Å². The van der Waals surface area contributed by atoms with Crippen LogP contribution in [0, 0.1) is 0 Å². The van der Waals surface area contributed by atoms with Gasteiger partial charge in [-0.2, -0.15) is 0 Å².